The Balaban J connectivity index is 1.75. The van der Waals surface area contributed by atoms with Crippen LogP contribution < -0.4 is 0 Å². The lowest BCUT2D eigenvalue weighted by Crippen LogP contribution is -2.38. The van der Waals surface area contributed by atoms with Crippen LogP contribution in [-0.4, -0.2) is 34.5 Å². The molecule has 4 nitrogen and oxygen atoms in total. The number of aliphatic carboxylic acids is 1. The van der Waals surface area contributed by atoms with Crippen molar-refractivity contribution in [1.29, 1.82) is 0 Å². The van der Waals surface area contributed by atoms with Crippen molar-refractivity contribution in [2.45, 2.75) is 38.1 Å². The van der Waals surface area contributed by atoms with Gasteiger partial charge in [0.15, 0.2) is 0 Å². The van der Waals surface area contributed by atoms with Crippen molar-refractivity contribution in [1.82, 2.24) is 4.90 Å². The number of amides is 1. The van der Waals surface area contributed by atoms with Gasteiger partial charge < -0.3 is 10.0 Å². The molecule has 0 aliphatic carbocycles. The monoisotopic (exact) mass is 351 g/mol. The van der Waals surface area contributed by atoms with Gasteiger partial charge in [-0.3, -0.25) is 9.59 Å². The Labute approximate surface area is 154 Å². The van der Waals surface area contributed by atoms with Crippen LogP contribution in [0.15, 0.2) is 60.7 Å². The summed E-state index contributed by atoms with van der Waals surface area (Å²) in [5.41, 5.74) is 2.35. The number of hydrogen-bond donors (Lipinski definition) is 1. The zero-order chi connectivity index (χ0) is 18.5. The topological polar surface area (TPSA) is 57.6 Å². The zero-order valence-electron chi connectivity index (χ0n) is 15.0. The number of rotatable bonds is 6. The summed E-state index contributed by atoms with van der Waals surface area (Å²) in [6.07, 6.45) is 1.73. The van der Waals surface area contributed by atoms with Crippen LogP contribution in [0.4, 0.5) is 0 Å². The quantitative estimate of drug-likeness (QED) is 0.863. The molecule has 3 rings (SSSR count). The van der Waals surface area contributed by atoms with Gasteiger partial charge in [0.05, 0.1) is 5.92 Å². The number of benzene rings is 2. The van der Waals surface area contributed by atoms with E-state index in [4.69, 9.17) is 0 Å². The van der Waals surface area contributed by atoms with Gasteiger partial charge in [0.2, 0.25) is 5.91 Å². The van der Waals surface area contributed by atoms with Gasteiger partial charge in [-0.1, -0.05) is 60.7 Å². The van der Waals surface area contributed by atoms with Gasteiger partial charge in [0, 0.05) is 19.0 Å². The molecule has 0 saturated carbocycles. The largest absolute Gasteiger partial charge is 0.481 e. The van der Waals surface area contributed by atoms with Crippen molar-refractivity contribution in [3.8, 4) is 0 Å². The molecule has 0 spiro atoms. The summed E-state index contributed by atoms with van der Waals surface area (Å²) in [5.74, 6) is -1.13. The Hall–Kier alpha value is -2.62. The summed E-state index contributed by atoms with van der Waals surface area (Å²) in [6.45, 7) is 2.38. The molecule has 1 amide bonds. The number of likely N-dealkylation sites (tertiary alicyclic amines) is 1. The molecular weight excluding hydrogens is 326 g/mol. The summed E-state index contributed by atoms with van der Waals surface area (Å²) < 4.78 is 0. The van der Waals surface area contributed by atoms with Crippen molar-refractivity contribution >= 4 is 11.9 Å². The highest BCUT2D eigenvalue weighted by Crippen LogP contribution is 2.29. The number of carboxylic acid groups (broad SMARTS) is 1. The minimum Gasteiger partial charge on any atom is -0.481 e. The van der Waals surface area contributed by atoms with Crippen molar-refractivity contribution in [2.75, 3.05) is 6.54 Å². The second-order valence-corrected chi connectivity index (χ2v) is 7.06. The van der Waals surface area contributed by atoms with Gasteiger partial charge in [0.1, 0.15) is 0 Å². The highest BCUT2D eigenvalue weighted by Gasteiger charge is 2.38. The molecule has 0 aromatic heterocycles. The van der Waals surface area contributed by atoms with Crippen LogP contribution >= 0.6 is 0 Å². The first-order valence-electron chi connectivity index (χ1n) is 9.17. The van der Waals surface area contributed by atoms with E-state index in [9.17, 15) is 14.7 Å². The number of hydrogen-bond acceptors (Lipinski definition) is 2. The molecule has 1 N–H and O–H groups in total. The highest BCUT2D eigenvalue weighted by atomic mass is 16.4. The Morgan fingerprint density at radius 1 is 1.08 bits per heavy atom. The molecule has 1 aliphatic rings. The maximum absolute atomic E-state index is 12.9. The van der Waals surface area contributed by atoms with Gasteiger partial charge >= 0.3 is 5.97 Å². The average molecular weight is 351 g/mol. The van der Waals surface area contributed by atoms with E-state index in [0.29, 0.717) is 19.4 Å². The SMILES string of the molecule is CC1C(C(=O)O)CCN1C(=O)CC(Cc1ccccc1)c1ccccc1. The van der Waals surface area contributed by atoms with Gasteiger partial charge in [-0.25, -0.2) is 0 Å². The van der Waals surface area contributed by atoms with E-state index in [0.717, 1.165) is 12.0 Å². The highest BCUT2D eigenvalue weighted by molar-refractivity contribution is 5.80. The fraction of sp³-hybridized carbons (Fsp3) is 0.364. The smallest absolute Gasteiger partial charge is 0.308 e. The van der Waals surface area contributed by atoms with Crippen LogP contribution in [0, 0.1) is 5.92 Å². The molecular formula is C22H25NO3. The van der Waals surface area contributed by atoms with Gasteiger partial charge in [0.25, 0.3) is 0 Å². The van der Waals surface area contributed by atoms with E-state index < -0.39 is 11.9 Å². The predicted molar refractivity (Wildman–Crippen MR) is 101 cm³/mol. The van der Waals surface area contributed by atoms with Crippen molar-refractivity contribution in [2.24, 2.45) is 5.92 Å². The van der Waals surface area contributed by atoms with Crippen LogP contribution in [0.3, 0.4) is 0 Å². The van der Waals surface area contributed by atoms with Crippen LogP contribution in [0.25, 0.3) is 0 Å². The van der Waals surface area contributed by atoms with E-state index in [1.165, 1.54) is 5.56 Å². The standard InChI is InChI=1S/C22H25NO3/c1-16-20(22(25)26)12-13-23(16)21(24)15-19(18-10-6-3-7-11-18)14-17-8-4-2-5-9-17/h2-11,16,19-20H,12-15H2,1H3,(H,25,26). The van der Waals surface area contributed by atoms with Gasteiger partial charge in [-0.2, -0.15) is 0 Å². The first-order valence-corrected chi connectivity index (χ1v) is 9.17. The molecule has 2 aromatic carbocycles. The Morgan fingerprint density at radius 2 is 1.69 bits per heavy atom. The van der Waals surface area contributed by atoms with Crippen LogP contribution in [0.5, 0.6) is 0 Å². The summed E-state index contributed by atoms with van der Waals surface area (Å²) in [5, 5.41) is 9.30. The second kappa shape index (κ2) is 8.17. The Kier molecular flexibility index (Phi) is 5.71. The minimum atomic E-state index is -0.809. The second-order valence-electron chi connectivity index (χ2n) is 7.06. The van der Waals surface area contributed by atoms with E-state index in [2.05, 4.69) is 24.3 Å². The van der Waals surface area contributed by atoms with Crippen molar-refractivity contribution in [3.05, 3.63) is 71.8 Å². The number of nitrogens with zero attached hydrogens (tertiary/aromatic N) is 1. The third kappa shape index (κ3) is 4.13. The van der Waals surface area contributed by atoms with E-state index in [-0.39, 0.29) is 17.9 Å². The molecule has 136 valence electrons. The number of carbonyl (C=O) groups is 2. The van der Waals surface area contributed by atoms with Crippen LogP contribution in [0.1, 0.15) is 36.8 Å². The van der Waals surface area contributed by atoms with Crippen molar-refractivity contribution in [3.63, 3.8) is 0 Å². The average Bonchev–Trinajstić information content (AvgIpc) is 3.04. The maximum Gasteiger partial charge on any atom is 0.308 e. The molecule has 1 aliphatic heterocycles. The molecule has 1 fully saturated rings. The summed E-state index contributed by atoms with van der Waals surface area (Å²) in [4.78, 5) is 26.0. The summed E-state index contributed by atoms with van der Waals surface area (Å²) in [6, 6.07) is 20.0. The lowest BCUT2D eigenvalue weighted by atomic mass is 9.88. The molecule has 4 heteroatoms. The third-order valence-corrected chi connectivity index (χ3v) is 5.41. The molecule has 3 atom stereocenters. The lowest BCUT2D eigenvalue weighted by molar-refractivity contribution is -0.143. The maximum atomic E-state index is 12.9. The third-order valence-electron chi connectivity index (χ3n) is 5.41. The van der Waals surface area contributed by atoms with Gasteiger partial charge in [-0.15, -0.1) is 0 Å². The molecule has 0 bridgehead atoms. The van der Waals surface area contributed by atoms with E-state index in [1.807, 2.05) is 43.3 Å². The molecule has 3 unspecified atom stereocenters. The molecule has 26 heavy (non-hydrogen) atoms. The Morgan fingerprint density at radius 3 is 2.27 bits per heavy atom. The zero-order valence-corrected chi connectivity index (χ0v) is 15.0. The van der Waals surface area contributed by atoms with E-state index in [1.54, 1.807) is 4.90 Å². The fourth-order valence-electron chi connectivity index (χ4n) is 3.88. The Bertz CT molecular complexity index is 744. The first kappa shape index (κ1) is 18.2. The fourth-order valence-corrected chi connectivity index (χ4v) is 3.88. The predicted octanol–water partition coefficient (Wildman–Crippen LogP) is 3.72. The first-order chi connectivity index (χ1) is 12.6. The van der Waals surface area contributed by atoms with Crippen LogP contribution in [-0.2, 0) is 16.0 Å². The minimum absolute atomic E-state index is 0.0473. The molecule has 0 radical (unpaired) electrons. The lowest BCUT2D eigenvalue weighted by Gasteiger charge is -2.26. The van der Waals surface area contributed by atoms with Gasteiger partial charge in [-0.05, 0) is 36.8 Å². The van der Waals surface area contributed by atoms with Crippen LogP contribution in [0.2, 0.25) is 0 Å². The number of carboxylic acids is 1. The molecule has 1 saturated heterocycles. The number of carbonyl (C=O) groups excluding carboxylic acids is 1. The molecule has 1 heterocycles. The normalized spacial score (nSPS) is 20.7. The summed E-state index contributed by atoms with van der Waals surface area (Å²) >= 11 is 0. The van der Waals surface area contributed by atoms with E-state index >= 15 is 0 Å². The summed E-state index contributed by atoms with van der Waals surface area (Å²) in [7, 11) is 0. The molecule has 2 aromatic rings. The van der Waals surface area contributed by atoms with Crippen molar-refractivity contribution < 1.29 is 14.7 Å².